The van der Waals surface area contributed by atoms with Gasteiger partial charge in [-0.15, -0.1) is 16.9 Å². The van der Waals surface area contributed by atoms with Crippen molar-refractivity contribution in [3.8, 4) is 11.5 Å². The third-order valence-corrected chi connectivity index (χ3v) is 12.3. The Morgan fingerprint density at radius 2 is 1.56 bits per heavy atom. The first-order valence-corrected chi connectivity index (χ1v) is 21.1. The van der Waals surface area contributed by atoms with Gasteiger partial charge in [-0.1, -0.05) is 107 Å². The largest absolute Gasteiger partial charge is 0.494 e. The first kappa shape index (κ1) is 43.9. The van der Waals surface area contributed by atoms with Crippen LogP contribution < -0.4 is 25.1 Å². The molecule has 57 heavy (non-hydrogen) atoms. The average molecular weight is 852 g/mol. The van der Waals surface area contributed by atoms with Crippen LogP contribution in [0.25, 0.3) is 0 Å². The SMILES string of the molecule is CCC(C)(C)c1ccc(OCC(=O)Nc2cccc(C(=O)NC3=NN(c4c(Cl)cc(Cl)cc4Cl)C(=O)C3SCCCOc3cccc(C)c3)c2)c(C(C)(C)CC)c1. The number of benzene rings is 4. The Balaban J connectivity index is 1.28. The molecular weight excluding hydrogens is 803 g/mol. The second-order valence-corrected chi connectivity index (χ2v) is 17.6. The first-order chi connectivity index (χ1) is 27.0. The highest BCUT2D eigenvalue weighted by Crippen LogP contribution is 2.40. The van der Waals surface area contributed by atoms with E-state index >= 15 is 0 Å². The Hall–Kier alpha value is -4.22. The predicted molar refractivity (Wildman–Crippen MR) is 235 cm³/mol. The van der Waals surface area contributed by atoms with Crippen LogP contribution in [-0.2, 0) is 20.4 Å². The summed E-state index contributed by atoms with van der Waals surface area (Å²) in [6.45, 7) is 15.3. The van der Waals surface area contributed by atoms with E-state index in [0.29, 0.717) is 35.2 Å². The molecule has 3 amide bonds. The maximum absolute atomic E-state index is 13.9. The van der Waals surface area contributed by atoms with Crippen LogP contribution in [0.3, 0.4) is 0 Å². The monoisotopic (exact) mass is 850 g/mol. The van der Waals surface area contributed by atoms with Gasteiger partial charge in [-0.3, -0.25) is 14.4 Å². The molecule has 0 aromatic heterocycles. The lowest BCUT2D eigenvalue weighted by atomic mass is 9.76. The van der Waals surface area contributed by atoms with E-state index in [1.165, 1.54) is 29.5 Å². The number of carbonyl (C=O) groups is 3. The number of aryl methyl sites for hydroxylation is 1. The van der Waals surface area contributed by atoms with Crippen molar-refractivity contribution in [2.45, 2.75) is 83.8 Å². The molecule has 1 unspecified atom stereocenters. The molecule has 0 spiro atoms. The second kappa shape index (κ2) is 19.0. The summed E-state index contributed by atoms with van der Waals surface area (Å²) in [4.78, 5) is 40.7. The molecule has 0 saturated heterocycles. The third-order valence-electron chi connectivity index (χ3n) is 10.2. The quantitative estimate of drug-likeness (QED) is 0.109. The molecule has 0 radical (unpaired) electrons. The van der Waals surface area contributed by atoms with Crippen molar-refractivity contribution in [2.75, 3.05) is 29.3 Å². The van der Waals surface area contributed by atoms with Crippen molar-refractivity contribution in [1.29, 1.82) is 0 Å². The number of hydrogen-bond acceptors (Lipinski definition) is 7. The molecule has 13 heteroatoms. The molecule has 5 rings (SSSR count). The predicted octanol–water partition coefficient (Wildman–Crippen LogP) is 11.0. The van der Waals surface area contributed by atoms with Gasteiger partial charge in [0.25, 0.3) is 17.7 Å². The van der Waals surface area contributed by atoms with Crippen molar-refractivity contribution in [2.24, 2.45) is 5.10 Å². The summed E-state index contributed by atoms with van der Waals surface area (Å²) in [5, 5.41) is 10.9. The maximum Gasteiger partial charge on any atom is 0.268 e. The number of hydrazone groups is 1. The van der Waals surface area contributed by atoms with E-state index in [-0.39, 0.29) is 50.5 Å². The molecule has 1 atom stereocenters. The maximum atomic E-state index is 13.9. The van der Waals surface area contributed by atoms with Gasteiger partial charge in [-0.25, -0.2) is 0 Å². The minimum atomic E-state index is -0.875. The fourth-order valence-corrected chi connectivity index (χ4v) is 8.00. The van der Waals surface area contributed by atoms with E-state index < -0.39 is 17.1 Å². The molecule has 2 N–H and O–H groups in total. The van der Waals surface area contributed by atoms with Crippen molar-refractivity contribution < 1.29 is 23.9 Å². The molecule has 4 aromatic carbocycles. The number of nitrogens with zero attached hydrogens (tertiary/aromatic N) is 2. The topological polar surface area (TPSA) is 109 Å². The highest BCUT2D eigenvalue weighted by molar-refractivity contribution is 8.01. The standard InChI is InChI=1S/C44H49Cl3N4O5S/c1-8-43(4,5)29-17-18-36(33(23-29)44(6,7)9-2)56-26-37(52)48-31-15-11-14-28(22-31)41(53)49-40-39(57-20-12-19-55-32-16-10-13-27(3)21-32)42(54)51(50-40)38-34(46)24-30(45)25-35(38)47/h10-11,13-18,21-25,39H,8-9,12,19-20,26H2,1-7H3,(H,48,52)(H,49,50,53). The normalized spacial score (nSPS) is 14.4. The van der Waals surface area contributed by atoms with Gasteiger partial charge in [0, 0.05) is 21.8 Å². The van der Waals surface area contributed by atoms with Gasteiger partial charge in [-0.05, 0) is 102 Å². The smallest absolute Gasteiger partial charge is 0.268 e. The fourth-order valence-electron chi connectivity index (χ4n) is 6.00. The Morgan fingerprint density at radius 1 is 0.860 bits per heavy atom. The van der Waals surface area contributed by atoms with Crippen LogP contribution in [0.5, 0.6) is 11.5 Å². The summed E-state index contributed by atoms with van der Waals surface area (Å²) in [5.41, 5.74) is 3.99. The molecule has 0 saturated carbocycles. The lowest BCUT2D eigenvalue weighted by Crippen LogP contribution is -2.39. The number of carbonyl (C=O) groups excluding carboxylic acids is 3. The van der Waals surface area contributed by atoms with E-state index in [1.807, 2.05) is 37.3 Å². The van der Waals surface area contributed by atoms with Crippen LogP contribution in [0, 0.1) is 6.92 Å². The number of ether oxygens (including phenoxy) is 2. The minimum Gasteiger partial charge on any atom is -0.494 e. The first-order valence-electron chi connectivity index (χ1n) is 18.9. The molecule has 4 aromatic rings. The number of rotatable bonds is 16. The molecule has 0 fully saturated rings. The lowest BCUT2D eigenvalue weighted by molar-refractivity contribution is -0.118. The average Bonchev–Trinajstić information content (AvgIpc) is 3.46. The number of amides is 3. The van der Waals surface area contributed by atoms with Crippen molar-refractivity contribution >= 4 is 81.5 Å². The number of hydrogen-bond donors (Lipinski definition) is 2. The third kappa shape index (κ3) is 11.0. The zero-order valence-electron chi connectivity index (χ0n) is 33.3. The van der Waals surface area contributed by atoms with Gasteiger partial charge in [0.05, 0.1) is 16.7 Å². The molecule has 0 bridgehead atoms. The zero-order valence-corrected chi connectivity index (χ0v) is 36.4. The van der Waals surface area contributed by atoms with Gasteiger partial charge in [0.15, 0.2) is 12.4 Å². The summed E-state index contributed by atoms with van der Waals surface area (Å²) >= 11 is 20.4. The van der Waals surface area contributed by atoms with Gasteiger partial charge in [0.1, 0.15) is 22.4 Å². The Bertz CT molecular complexity index is 2130. The molecule has 1 heterocycles. The summed E-state index contributed by atoms with van der Waals surface area (Å²) in [6.07, 6.45) is 2.50. The minimum absolute atomic E-state index is 0.000383. The van der Waals surface area contributed by atoms with Crippen molar-refractivity contribution in [3.63, 3.8) is 0 Å². The number of thioether (sulfide) groups is 1. The molecule has 302 valence electrons. The molecule has 1 aliphatic rings. The Labute approximate surface area is 354 Å². The van der Waals surface area contributed by atoms with Gasteiger partial charge in [0.2, 0.25) is 0 Å². The summed E-state index contributed by atoms with van der Waals surface area (Å²) in [5.74, 6) is 0.714. The summed E-state index contributed by atoms with van der Waals surface area (Å²) in [7, 11) is 0. The van der Waals surface area contributed by atoms with Crippen LogP contribution >= 0.6 is 46.6 Å². The van der Waals surface area contributed by atoms with E-state index in [1.54, 1.807) is 24.3 Å². The van der Waals surface area contributed by atoms with Gasteiger partial charge >= 0.3 is 0 Å². The summed E-state index contributed by atoms with van der Waals surface area (Å²) in [6, 6.07) is 23.4. The Morgan fingerprint density at radius 3 is 2.25 bits per heavy atom. The molecule has 0 aliphatic carbocycles. The zero-order chi connectivity index (χ0) is 41.5. The Kier molecular flexibility index (Phi) is 14.6. The van der Waals surface area contributed by atoms with Crippen molar-refractivity contribution in [3.05, 3.63) is 116 Å². The van der Waals surface area contributed by atoms with E-state index in [4.69, 9.17) is 44.3 Å². The number of anilines is 2. The van der Waals surface area contributed by atoms with Crippen LogP contribution in [-0.4, -0.2) is 47.8 Å². The van der Waals surface area contributed by atoms with E-state index in [9.17, 15) is 14.4 Å². The second-order valence-electron chi connectivity index (χ2n) is 15.2. The van der Waals surface area contributed by atoms with E-state index in [2.05, 4.69) is 69.4 Å². The molecular formula is C44H49Cl3N4O5S. The van der Waals surface area contributed by atoms with Crippen LogP contribution in [0.15, 0.2) is 84.0 Å². The molecule has 9 nitrogen and oxygen atoms in total. The highest BCUT2D eigenvalue weighted by atomic mass is 35.5. The fraction of sp³-hybridized carbons (Fsp3) is 0.364. The van der Waals surface area contributed by atoms with Crippen LogP contribution in [0.1, 0.15) is 87.9 Å². The van der Waals surface area contributed by atoms with Crippen LogP contribution in [0.4, 0.5) is 11.4 Å². The molecule has 1 aliphatic heterocycles. The number of amidine groups is 1. The highest BCUT2D eigenvalue weighted by Gasteiger charge is 2.40. The number of nitrogens with one attached hydrogen (secondary N) is 2. The number of halogens is 3. The van der Waals surface area contributed by atoms with Gasteiger partial charge in [-0.2, -0.15) is 5.01 Å². The van der Waals surface area contributed by atoms with Gasteiger partial charge < -0.3 is 20.1 Å². The lowest BCUT2D eigenvalue weighted by Gasteiger charge is -2.30. The van der Waals surface area contributed by atoms with Crippen LogP contribution in [0.2, 0.25) is 15.1 Å². The summed E-state index contributed by atoms with van der Waals surface area (Å²) < 4.78 is 12.0. The van der Waals surface area contributed by atoms with E-state index in [0.717, 1.165) is 34.7 Å². The van der Waals surface area contributed by atoms with Crippen molar-refractivity contribution in [1.82, 2.24) is 5.32 Å².